The molecule has 3 heterocycles. The average molecular weight is 472 g/mol. The van der Waals surface area contributed by atoms with Crippen molar-refractivity contribution in [2.75, 3.05) is 18.2 Å². The summed E-state index contributed by atoms with van der Waals surface area (Å²) in [5, 5.41) is 4.33. The van der Waals surface area contributed by atoms with Crippen LogP contribution in [0.1, 0.15) is 81.6 Å². The molecule has 6 nitrogen and oxygen atoms in total. The molecule has 3 aromatic rings. The van der Waals surface area contributed by atoms with Gasteiger partial charge in [0.1, 0.15) is 14.7 Å². The number of amides is 1. The van der Waals surface area contributed by atoms with Crippen LogP contribution in [0, 0.1) is 0 Å². The minimum absolute atomic E-state index is 0.306. The van der Waals surface area contributed by atoms with Crippen molar-refractivity contribution < 1.29 is 14.3 Å². The van der Waals surface area contributed by atoms with Crippen molar-refractivity contribution in [2.45, 2.75) is 64.7 Å². The monoisotopic (exact) mass is 471 g/mol. The van der Waals surface area contributed by atoms with E-state index in [1.165, 1.54) is 41.1 Å². The van der Waals surface area contributed by atoms with Crippen molar-refractivity contribution in [1.82, 2.24) is 4.98 Å². The number of ether oxygens (including phenoxy) is 1. The third kappa shape index (κ3) is 4.52. The molecule has 0 saturated heterocycles. The first kappa shape index (κ1) is 22.7. The molecule has 3 N–H and O–H groups in total. The van der Waals surface area contributed by atoms with Crippen molar-refractivity contribution in [2.24, 2.45) is 0 Å². The number of methoxy groups -OCH3 is 1. The van der Waals surface area contributed by atoms with Gasteiger partial charge < -0.3 is 15.8 Å². The van der Waals surface area contributed by atoms with Crippen LogP contribution in [-0.4, -0.2) is 24.0 Å². The molecular formula is C24H29N3O3S2. The van der Waals surface area contributed by atoms with Gasteiger partial charge in [-0.05, 0) is 56.2 Å². The van der Waals surface area contributed by atoms with Gasteiger partial charge in [0.25, 0.3) is 5.91 Å². The first-order valence-corrected chi connectivity index (χ1v) is 12.9. The van der Waals surface area contributed by atoms with Gasteiger partial charge in [0, 0.05) is 16.0 Å². The predicted octanol–water partition coefficient (Wildman–Crippen LogP) is 5.98. The summed E-state index contributed by atoms with van der Waals surface area (Å²) in [7, 11) is 1.38. The maximum atomic E-state index is 13.2. The van der Waals surface area contributed by atoms with E-state index in [1.807, 2.05) is 12.1 Å². The number of unbranched alkanes of at least 4 members (excludes halogenated alkanes) is 1. The minimum atomic E-state index is -0.398. The number of carbonyl (C=O) groups excluding carboxylic acids is 2. The maximum absolute atomic E-state index is 13.2. The first-order valence-electron chi connectivity index (χ1n) is 11.3. The van der Waals surface area contributed by atoms with Crippen LogP contribution in [0.4, 0.5) is 10.7 Å². The van der Waals surface area contributed by atoms with Gasteiger partial charge >= 0.3 is 5.97 Å². The Balaban J connectivity index is 1.66. The summed E-state index contributed by atoms with van der Waals surface area (Å²) in [5.41, 5.74) is 9.31. The lowest BCUT2D eigenvalue weighted by Crippen LogP contribution is -2.15. The molecule has 0 aliphatic heterocycles. The van der Waals surface area contributed by atoms with Gasteiger partial charge in [0.2, 0.25) is 0 Å². The number of anilines is 2. The van der Waals surface area contributed by atoms with Gasteiger partial charge in [-0.3, -0.25) is 4.79 Å². The number of aromatic nitrogens is 1. The Hall–Kier alpha value is -2.45. The number of esters is 1. The zero-order chi connectivity index (χ0) is 22.7. The number of nitrogens with one attached hydrogen (secondary N) is 1. The topological polar surface area (TPSA) is 94.3 Å². The maximum Gasteiger partial charge on any atom is 0.341 e. The molecule has 0 spiro atoms. The molecule has 0 atom stereocenters. The van der Waals surface area contributed by atoms with E-state index in [2.05, 4.69) is 12.2 Å². The summed E-state index contributed by atoms with van der Waals surface area (Å²) < 4.78 is 5.06. The number of aryl methyl sites for hydroxylation is 2. The number of rotatable bonds is 6. The van der Waals surface area contributed by atoms with Crippen LogP contribution < -0.4 is 11.1 Å². The van der Waals surface area contributed by atoms with Crippen LogP contribution in [0.5, 0.6) is 0 Å². The molecule has 3 aromatic heterocycles. The van der Waals surface area contributed by atoms with E-state index >= 15 is 0 Å². The van der Waals surface area contributed by atoms with Gasteiger partial charge in [0.05, 0.1) is 18.4 Å². The SMILES string of the molecule is CCCCc1ccc2c(N)c(C(=O)Nc3sc4c(c3C(=O)OC)CCCCCC4)sc2n1. The van der Waals surface area contributed by atoms with E-state index in [1.54, 1.807) is 0 Å². The molecule has 1 amide bonds. The Morgan fingerprint density at radius 3 is 2.69 bits per heavy atom. The fraction of sp³-hybridized carbons (Fsp3) is 0.458. The number of pyridine rings is 1. The Labute approximate surface area is 196 Å². The molecule has 8 heteroatoms. The molecule has 0 bridgehead atoms. The first-order chi connectivity index (χ1) is 15.5. The highest BCUT2D eigenvalue weighted by Gasteiger charge is 2.27. The van der Waals surface area contributed by atoms with E-state index < -0.39 is 5.97 Å². The van der Waals surface area contributed by atoms with Crippen molar-refractivity contribution in [3.05, 3.63) is 38.7 Å². The number of hydrogen-bond acceptors (Lipinski definition) is 7. The second-order valence-corrected chi connectivity index (χ2v) is 10.3. The fourth-order valence-corrected chi connectivity index (χ4v) is 6.47. The van der Waals surface area contributed by atoms with Crippen LogP contribution in [-0.2, 0) is 24.0 Å². The lowest BCUT2D eigenvalue weighted by molar-refractivity contribution is 0.0601. The molecule has 0 unspecified atom stereocenters. The molecule has 4 rings (SSSR count). The number of nitrogens with two attached hydrogens (primary N) is 1. The van der Waals surface area contributed by atoms with Gasteiger partial charge in [-0.2, -0.15) is 0 Å². The zero-order valence-electron chi connectivity index (χ0n) is 18.6. The lowest BCUT2D eigenvalue weighted by atomic mass is 9.96. The van der Waals surface area contributed by atoms with E-state index in [4.69, 9.17) is 15.5 Å². The minimum Gasteiger partial charge on any atom is -0.465 e. The summed E-state index contributed by atoms with van der Waals surface area (Å²) in [5.74, 6) is -0.704. The van der Waals surface area contributed by atoms with Crippen LogP contribution in [0.15, 0.2) is 12.1 Å². The van der Waals surface area contributed by atoms with Gasteiger partial charge in [-0.15, -0.1) is 22.7 Å². The van der Waals surface area contributed by atoms with Crippen LogP contribution in [0.25, 0.3) is 10.2 Å². The van der Waals surface area contributed by atoms with E-state index in [-0.39, 0.29) is 5.91 Å². The molecule has 32 heavy (non-hydrogen) atoms. The Morgan fingerprint density at radius 1 is 1.16 bits per heavy atom. The number of thiophene rings is 2. The van der Waals surface area contributed by atoms with Crippen LogP contribution in [0.3, 0.4) is 0 Å². The number of nitrogens with zero attached hydrogens (tertiary/aromatic N) is 1. The van der Waals surface area contributed by atoms with Crippen molar-refractivity contribution in [1.29, 1.82) is 0 Å². The highest BCUT2D eigenvalue weighted by Crippen LogP contribution is 2.39. The Bertz CT molecular complexity index is 1150. The van der Waals surface area contributed by atoms with E-state index in [0.29, 0.717) is 21.1 Å². The van der Waals surface area contributed by atoms with Crippen molar-refractivity contribution in [3.63, 3.8) is 0 Å². The molecule has 170 valence electrons. The molecule has 1 aliphatic rings. The Kier molecular flexibility index (Phi) is 7.10. The smallest absolute Gasteiger partial charge is 0.341 e. The summed E-state index contributed by atoms with van der Waals surface area (Å²) >= 11 is 2.79. The highest BCUT2D eigenvalue weighted by atomic mass is 32.1. The molecule has 0 radical (unpaired) electrons. The van der Waals surface area contributed by atoms with E-state index in [9.17, 15) is 9.59 Å². The number of carbonyl (C=O) groups is 2. The van der Waals surface area contributed by atoms with Gasteiger partial charge in [-0.1, -0.05) is 26.2 Å². The van der Waals surface area contributed by atoms with Crippen molar-refractivity contribution >= 4 is 55.5 Å². The molecule has 0 aromatic carbocycles. The van der Waals surface area contributed by atoms with Gasteiger partial charge in [0.15, 0.2) is 0 Å². The normalized spacial score (nSPS) is 13.9. The number of nitrogen functional groups attached to an aromatic ring is 1. The summed E-state index contributed by atoms with van der Waals surface area (Å²) in [6.45, 7) is 2.15. The number of fused-ring (bicyclic) bond motifs is 2. The van der Waals surface area contributed by atoms with Crippen LogP contribution >= 0.6 is 22.7 Å². The second kappa shape index (κ2) is 10.0. The Morgan fingerprint density at radius 2 is 1.94 bits per heavy atom. The summed E-state index contributed by atoms with van der Waals surface area (Å²) in [6, 6.07) is 3.93. The average Bonchev–Trinajstić information content (AvgIpc) is 3.28. The summed E-state index contributed by atoms with van der Waals surface area (Å²) in [4.78, 5) is 32.9. The third-order valence-electron chi connectivity index (χ3n) is 5.93. The van der Waals surface area contributed by atoms with Crippen LogP contribution in [0.2, 0.25) is 0 Å². The highest BCUT2D eigenvalue weighted by molar-refractivity contribution is 7.21. The van der Waals surface area contributed by atoms with Crippen molar-refractivity contribution in [3.8, 4) is 0 Å². The van der Waals surface area contributed by atoms with Gasteiger partial charge in [-0.25, -0.2) is 9.78 Å². The third-order valence-corrected chi connectivity index (χ3v) is 8.25. The molecular weight excluding hydrogens is 442 g/mol. The lowest BCUT2D eigenvalue weighted by Gasteiger charge is -2.10. The quantitative estimate of drug-likeness (QED) is 0.431. The zero-order valence-corrected chi connectivity index (χ0v) is 20.2. The number of hydrogen-bond donors (Lipinski definition) is 2. The fourth-order valence-electron chi connectivity index (χ4n) is 4.19. The molecule has 0 fully saturated rings. The largest absolute Gasteiger partial charge is 0.465 e. The predicted molar refractivity (Wildman–Crippen MR) is 132 cm³/mol. The molecule has 0 saturated carbocycles. The second-order valence-electron chi connectivity index (χ2n) is 8.17. The standard InChI is InChI=1S/C24H29N3O3S2/c1-3-4-9-14-12-13-16-19(25)20(32-22(16)26-14)21(28)27-23-18(24(29)30-2)15-10-7-5-6-8-11-17(15)31-23/h12-13H,3-11,25H2,1-2H3,(H,27,28). The van der Waals surface area contributed by atoms with E-state index in [0.717, 1.165) is 72.8 Å². The molecule has 1 aliphatic carbocycles. The summed E-state index contributed by atoms with van der Waals surface area (Å²) in [6.07, 6.45) is 9.33.